The second-order valence-corrected chi connectivity index (χ2v) is 6.03. The molecular weight excluding hydrogens is 314 g/mol. The lowest BCUT2D eigenvalue weighted by Crippen LogP contribution is -2.22. The maximum atomic E-state index is 12.6. The summed E-state index contributed by atoms with van der Waals surface area (Å²) in [5.41, 5.74) is 4.14. The van der Waals surface area contributed by atoms with E-state index in [1.165, 1.54) is 0 Å². The number of nitrogens with one attached hydrogen (secondary N) is 3. The molecule has 1 aliphatic rings. The molecule has 1 aliphatic heterocycles. The molecule has 2 aromatic carbocycles. The number of carbonyl (C=O) groups is 2. The number of para-hydroxylation sites is 2. The van der Waals surface area contributed by atoms with E-state index in [0.717, 1.165) is 32.9 Å². The number of aromatic amines is 2. The Kier molecular flexibility index (Phi) is 2.73. The van der Waals surface area contributed by atoms with E-state index >= 15 is 0 Å². The predicted octanol–water partition coefficient (Wildman–Crippen LogP) is 3.95. The van der Waals surface area contributed by atoms with E-state index in [2.05, 4.69) is 15.3 Å². The van der Waals surface area contributed by atoms with Crippen molar-refractivity contribution in [2.45, 2.75) is 0 Å². The van der Waals surface area contributed by atoms with Gasteiger partial charge >= 0.3 is 0 Å². The standard InChI is InChI=1S/C20H13N3O2.3H2/c24-19-17(13-9-21-15-7-3-1-5-11(13)15)18(20(25)23-19)14-10-22-16-8-4-2-6-12(14)16;;;/h1-10,21-22H,(H,23,24,25);3*1H. The first-order valence-electron chi connectivity index (χ1n) is 7.97. The van der Waals surface area contributed by atoms with Gasteiger partial charge in [0, 0.05) is 49.6 Å². The van der Waals surface area contributed by atoms with Crippen LogP contribution in [0.2, 0.25) is 0 Å². The van der Waals surface area contributed by atoms with Gasteiger partial charge in [-0.1, -0.05) is 36.4 Å². The van der Waals surface area contributed by atoms with Crippen molar-refractivity contribution < 1.29 is 13.9 Å². The van der Waals surface area contributed by atoms with Crippen LogP contribution in [0.5, 0.6) is 0 Å². The minimum absolute atomic E-state index is 0. The van der Waals surface area contributed by atoms with Crippen molar-refractivity contribution in [2.24, 2.45) is 0 Å². The van der Waals surface area contributed by atoms with Crippen LogP contribution in [0.4, 0.5) is 0 Å². The Balaban J connectivity index is 0.000000934. The van der Waals surface area contributed by atoms with Crippen molar-refractivity contribution in [3.8, 4) is 0 Å². The van der Waals surface area contributed by atoms with Crippen molar-refractivity contribution >= 4 is 44.8 Å². The lowest BCUT2D eigenvalue weighted by atomic mass is 9.95. The lowest BCUT2D eigenvalue weighted by Gasteiger charge is -2.03. The fraction of sp³-hybridized carbons (Fsp3) is 0. The van der Waals surface area contributed by atoms with Crippen LogP contribution in [0.25, 0.3) is 33.0 Å². The summed E-state index contributed by atoms with van der Waals surface area (Å²) in [4.78, 5) is 31.4. The van der Waals surface area contributed by atoms with E-state index in [1.807, 2.05) is 48.5 Å². The molecule has 0 aliphatic carbocycles. The molecule has 5 nitrogen and oxygen atoms in total. The zero-order chi connectivity index (χ0) is 17.0. The molecule has 3 N–H and O–H groups in total. The molecule has 0 fully saturated rings. The third-order valence-electron chi connectivity index (χ3n) is 4.65. The topological polar surface area (TPSA) is 77.8 Å². The van der Waals surface area contributed by atoms with E-state index in [9.17, 15) is 9.59 Å². The highest BCUT2D eigenvalue weighted by atomic mass is 16.2. The SMILES string of the molecule is O=C1NC(=O)C(c2c[nH]c3ccccc23)=C1c1c[nH]c2ccccc12.[HH].[HH].[HH]. The second-order valence-electron chi connectivity index (χ2n) is 6.03. The number of imide groups is 1. The summed E-state index contributed by atoms with van der Waals surface area (Å²) in [7, 11) is 0. The van der Waals surface area contributed by atoms with Crippen LogP contribution in [-0.2, 0) is 9.59 Å². The van der Waals surface area contributed by atoms with Gasteiger partial charge in [0.05, 0.1) is 11.1 Å². The van der Waals surface area contributed by atoms with Crippen LogP contribution in [-0.4, -0.2) is 21.8 Å². The number of rotatable bonds is 2. The van der Waals surface area contributed by atoms with Crippen molar-refractivity contribution in [1.29, 1.82) is 0 Å². The molecule has 25 heavy (non-hydrogen) atoms. The van der Waals surface area contributed by atoms with Crippen LogP contribution >= 0.6 is 0 Å². The van der Waals surface area contributed by atoms with Crippen LogP contribution in [0, 0.1) is 0 Å². The third-order valence-corrected chi connectivity index (χ3v) is 4.65. The van der Waals surface area contributed by atoms with Gasteiger partial charge in [0.1, 0.15) is 0 Å². The van der Waals surface area contributed by atoms with Gasteiger partial charge < -0.3 is 9.97 Å². The highest BCUT2D eigenvalue weighted by Gasteiger charge is 2.34. The Hall–Kier alpha value is -3.60. The minimum Gasteiger partial charge on any atom is -0.361 e. The molecule has 126 valence electrons. The Morgan fingerprint density at radius 2 is 1.08 bits per heavy atom. The normalized spacial score (nSPS) is 14.7. The smallest absolute Gasteiger partial charge is 0.259 e. The molecule has 0 atom stereocenters. The van der Waals surface area contributed by atoms with Gasteiger partial charge in [0.2, 0.25) is 0 Å². The maximum Gasteiger partial charge on any atom is 0.259 e. The van der Waals surface area contributed by atoms with E-state index in [0.29, 0.717) is 11.1 Å². The second kappa shape index (κ2) is 4.95. The maximum absolute atomic E-state index is 12.6. The lowest BCUT2D eigenvalue weighted by molar-refractivity contribution is -0.122. The summed E-state index contributed by atoms with van der Waals surface area (Å²) < 4.78 is 0. The highest BCUT2D eigenvalue weighted by molar-refractivity contribution is 6.50. The first kappa shape index (κ1) is 13.8. The van der Waals surface area contributed by atoms with Crippen molar-refractivity contribution in [3.63, 3.8) is 0 Å². The number of benzene rings is 2. The molecule has 0 saturated heterocycles. The third kappa shape index (κ3) is 1.89. The summed E-state index contributed by atoms with van der Waals surface area (Å²) in [5, 5.41) is 4.28. The molecule has 0 unspecified atom stereocenters. The van der Waals surface area contributed by atoms with Crippen molar-refractivity contribution in [3.05, 3.63) is 72.1 Å². The molecule has 0 bridgehead atoms. The van der Waals surface area contributed by atoms with Gasteiger partial charge in [-0.15, -0.1) is 0 Å². The van der Waals surface area contributed by atoms with E-state index in [-0.39, 0.29) is 16.1 Å². The molecular formula is C20H19N3O2. The van der Waals surface area contributed by atoms with Crippen molar-refractivity contribution in [2.75, 3.05) is 0 Å². The molecule has 5 heteroatoms. The number of hydrogen-bond donors (Lipinski definition) is 3. The number of hydrogen-bond acceptors (Lipinski definition) is 2. The summed E-state index contributed by atoms with van der Waals surface area (Å²) >= 11 is 0. The Morgan fingerprint density at radius 1 is 0.640 bits per heavy atom. The van der Waals surface area contributed by atoms with Crippen LogP contribution in [0.15, 0.2) is 60.9 Å². The van der Waals surface area contributed by atoms with E-state index in [4.69, 9.17) is 0 Å². The summed E-state index contributed by atoms with van der Waals surface area (Å²) in [6, 6.07) is 15.5. The monoisotopic (exact) mass is 333 g/mol. The van der Waals surface area contributed by atoms with Gasteiger partial charge in [-0.3, -0.25) is 14.9 Å². The quantitative estimate of drug-likeness (QED) is 0.486. The highest BCUT2D eigenvalue weighted by Crippen LogP contribution is 2.37. The molecule has 4 aromatic rings. The number of aromatic nitrogens is 2. The molecule has 3 heterocycles. The first-order chi connectivity index (χ1) is 12.2. The molecule has 0 saturated carbocycles. The Bertz CT molecular complexity index is 1130. The van der Waals surface area contributed by atoms with Crippen LogP contribution in [0.1, 0.15) is 15.4 Å². The Morgan fingerprint density at radius 3 is 1.56 bits per heavy atom. The van der Waals surface area contributed by atoms with Crippen molar-refractivity contribution in [1.82, 2.24) is 15.3 Å². The van der Waals surface area contributed by atoms with Crippen LogP contribution < -0.4 is 5.32 Å². The van der Waals surface area contributed by atoms with Gasteiger partial charge in [-0.25, -0.2) is 0 Å². The molecule has 5 rings (SSSR count). The zero-order valence-electron chi connectivity index (χ0n) is 13.1. The van der Waals surface area contributed by atoms with Gasteiger partial charge in [0.15, 0.2) is 0 Å². The number of H-pyrrole nitrogens is 2. The summed E-state index contributed by atoms with van der Waals surface area (Å²) in [6.45, 7) is 0. The number of fused-ring (bicyclic) bond motifs is 2. The fourth-order valence-corrected chi connectivity index (χ4v) is 3.53. The summed E-state index contributed by atoms with van der Waals surface area (Å²) in [6.07, 6.45) is 3.57. The summed E-state index contributed by atoms with van der Waals surface area (Å²) in [5.74, 6) is -0.731. The Labute approximate surface area is 146 Å². The first-order valence-corrected chi connectivity index (χ1v) is 7.97. The molecule has 0 radical (unpaired) electrons. The van der Waals surface area contributed by atoms with E-state index in [1.54, 1.807) is 12.4 Å². The average molecular weight is 333 g/mol. The zero-order valence-corrected chi connectivity index (χ0v) is 13.1. The average Bonchev–Trinajstić information content (AvgIpc) is 3.30. The molecule has 2 amide bonds. The molecule has 0 spiro atoms. The molecule has 2 aromatic heterocycles. The fourth-order valence-electron chi connectivity index (χ4n) is 3.53. The number of amides is 2. The van der Waals surface area contributed by atoms with E-state index < -0.39 is 0 Å². The predicted molar refractivity (Wildman–Crippen MR) is 103 cm³/mol. The minimum atomic E-state index is -0.366. The number of carbonyl (C=O) groups excluding carboxylic acids is 2. The van der Waals surface area contributed by atoms with Gasteiger partial charge in [0.25, 0.3) is 11.8 Å². The largest absolute Gasteiger partial charge is 0.361 e. The van der Waals surface area contributed by atoms with Crippen LogP contribution in [0.3, 0.4) is 0 Å². The van der Waals surface area contributed by atoms with Gasteiger partial charge in [-0.2, -0.15) is 0 Å². The van der Waals surface area contributed by atoms with Gasteiger partial charge in [-0.05, 0) is 12.1 Å².